The van der Waals surface area contributed by atoms with E-state index in [1.807, 2.05) is 26.0 Å². The first-order valence-corrected chi connectivity index (χ1v) is 7.14. The van der Waals surface area contributed by atoms with E-state index in [-0.39, 0.29) is 5.60 Å². The fourth-order valence-corrected chi connectivity index (χ4v) is 1.51. The van der Waals surface area contributed by atoms with Crippen LogP contribution in [0.3, 0.4) is 0 Å². The van der Waals surface area contributed by atoms with Gasteiger partial charge in [-0.2, -0.15) is 5.10 Å². The summed E-state index contributed by atoms with van der Waals surface area (Å²) in [6.45, 7) is 10.7. The Morgan fingerprint density at radius 3 is 2.55 bits per heavy atom. The van der Waals surface area contributed by atoms with Gasteiger partial charge in [0.15, 0.2) is 0 Å². The molecule has 0 aromatic carbocycles. The van der Waals surface area contributed by atoms with E-state index in [4.69, 9.17) is 9.47 Å². The summed E-state index contributed by atoms with van der Waals surface area (Å²) in [7, 11) is 1.71. The van der Waals surface area contributed by atoms with Gasteiger partial charge in [0, 0.05) is 26.1 Å². The lowest BCUT2D eigenvalue weighted by atomic mass is 10.1. The van der Waals surface area contributed by atoms with Crippen molar-refractivity contribution in [1.29, 1.82) is 0 Å². The van der Waals surface area contributed by atoms with Crippen LogP contribution in [0.1, 0.15) is 39.8 Å². The molecule has 0 aliphatic heterocycles. The van der Waals surface area contributed by atoms with Gasteiger partial charge in [0.25, 0.3) is 0 Å². The molecule has 114 valence electrons. The summed E-state index contributed by atoms with van der Waals surface area (Å²) < 4.78 is 10.9. The van der Waals surface area contributed by atoms with Gasteiger partial charge in [-0.1, -0.05) is 13.8 Å². The van der Waals surface area contributed by atoms with Crippen molar-refractivity contribution in [3.05, 3.63) is 17.8 Å². The van der Waals surface area contributed by atoms with E-state index < -0.39 is 0 Å². The van der Waals surface area contributed by atoms with Crippen LogP contribution in [-0.4, -0.2) is 36.1 Å². The predicted octanol–water partition coefficient (Wildman–Crippen LogP) is 2.42. The second kappa shape index (κ2) is 8.17. The Labute approximate surface area is 122 Å². The zero-order valence-electron chi connectivity index (χ0n) is 13.3. The van der Waals surface area contributed by atoms with E-state index in [9.17, 15) is 0 Å². The maximum absolute atomic E-state index is 5.57. The third-order valence-electron chi connectivity index (χ3n) is 3.06. The van der Waals surface area contributed by atoms with Gasteiger partial charge in [0.2, 0.25) is 5.88 Å². The minimum Gasteiger partial charge on any atom is -0.476 e. The van der Waals surface area contributed by atoms with Crippen molar-refractivity contribution in [3.8, 4) is 5.88 Å². The molecule has 1 N–H and O–H groups in total. The Morgan fingerprint density at radius 1 is 1.25 bits per heavy atom. The Hall–Kier alpha value is -1.20. The van der Waals surface area contributed by atoms with Crippen molar-refractivity contribution < 1.29 is 9.47 Å². The van der Waals surface area contributed by atoms with Crippen molar-refractivity contribution >= 4 is 0 Å². The van der Waals surface area contributed by atoms with Gasteiger partial charge < -0.3 is 14.8 Å². The van der Waals surface area contributed by atoms with Crippen molar-refractivity contribution in [1.82, 2.24) is 15.5 Å². The Morgan fingerprint density at radius 2 is 2.00 bits per heavy atom. The van der Waals surface area contributed by atoms with Crippen LogP contribution >= 0.6 is 0 Å². The van der Waals surface area contributed by atoms with Crippen LogP contribution in [0, 0.1) is 5.92 Å². The lowest BCUT2D eigenvalue weighted by Crippen LogP contribution is -2.25. The molecule has 1 heterocycles. The number of nitrogens with one attached hydrogen (secondary N) is 1. The van der Waals surface area contributed by atoms with E-state index in [2.05, 4.69) is 29.4 Å². The number of rotatable bonds is 9. The topological polar surface area (TPSA) is 56.3 Å². The minimum absolute atomic E-state index is 0.172. The molecule has 0 unspecified atom stereocenters. The fraction of sp³-hybridized carbons (Fsp3) is 0.733. The van der Waals surface area contributed by atoms with E-state index >= 15 is 0 Å². The minimum atomic E-state index is -0.172. The molecule has 0 saturated heterocycles. The number of ether oxygens (including phenoxy) is 2. The zero-order valence-corrected chi connectivity index (χ0v) is 13.3. The van der Waals surface area contributed by atoms with Gasteiger partial charge in [-0.15, -0.1) is 5.10 Å². The smallest absolute Gasteiger partial charge is 0.233 e. The molecule has 20 heavy (non-hydrogen) atoms. The van der Waals surface area contributed by atoms with Crippen molar-refractivity contribution in [3.63, 3.8) is 0 Å². The van der Waals surface area contributed by atoms with E-state index in [1.165, 1.54) is 0 Å². The Kier molecular flexibility index (Phi) is 6.88. The SMILES string of the molecule is COC(C)(C)CCOc1ccc(CNCC(C)C)nn1. The average Bonchev–Trinajstić information content (AvgIpc) is 2.40. The molecule has 5 nitrogen and oxygen atoms in total. The Bertz CT molecular complexity index is 377. The molecule has 0 saturated carbocycles. The maximum Gasteiger partial charge on any atom is 0.233 e. The first-order chi connectivity index (χ1) is 9.43. The number of hydrogen-bond donors (Lipinski definition) is 1. The van der Waals surface area contributed by atoms with Gasteiger partial charge >= 0.3 is 0 Å². The largest absolute Gasteiger partial charge is 0.476 e. The molecular formula is C15H27N3O2. The van der Waals surface area contributed by atoms with Crippen LogP contribution in [0.2, 0.25) is 0 Å². The molecule has 1 rings (SSSR count). The van der Waals surface area contributed by atoms with Crippen LogP contribution in [0.5, 0.6) is 5.88 Å². The number of hydrogen-bond acceptors (Lipinski definition) is 5. The van der Waals surface area contributed by atoms with Crippen molar-refractivity contribution in [2.24, 2.45) is 5.92 Å². The van der Waals surface area contributed by atoms with Crippen molar-refractivity contribution in [2.75, 3.05) is 20.3 Å². The first-order valence-electron chi connectivity index (χ1n) is 7.14. The predicted molar refractivity (Wildman–Crippen MR) is 79.8 cm³/mol. The van der Waals surface area contributed by atoms with Gasteiger partial charge in [0.05, 0.1) is 17.9 Å². The Balaban J connectivity index is 2.31. The highest BCUT2D eigenvalue weighted by molar-refractivity contribution is 5.11. The number of methoxy groups -OCH3 is 1. The fourth-order valence-electron chi connectivity index (χ4n) is 1.51. The van der Waals surface area contributed by atoms with E-state index in [0.717, 1.165) is 25.2 Å². The standard InChI is InChI=1S/C15H27N3O2/c1-12(2)10-16-11-13-6-7-14(18-17-13)20-9-8-15(3,4)19-5/h6-7,12,16H,8-11H2,1-5H3. The average molecular weight is 281 g/mol. The normalized spacial score (nSPS) is 11.9. The third-order valence-corrected chi connectivity index (χ3v) is 3.06. The van der Waals surface area contributed by atoms with E-state index in [0.29, 0.717) is 18.4 Å². The van der Waals surface area contributed by atoms with Crippen molar-refractivity contribution in [2.45, 2.75) is 46.3 Å². The maximum atomic E-state index is 5.57. The summed E-state index contributed by atoms with van der Waals surface area (Å²) in [5.41, 5.74) is 0.754. The van der Waals surface area contributed by atoms with Gasteiger partial charge in [-0.05, 0) is 32.4 Å². The lowest BCUT2D eigenvalue weighted by molar-refractivity contribution is 0.00500. The van der Waals surface area contributed by atoms with Crippen LogP contribution in [0.4, 0.5) is 0 Å². The highest BCUT2D eigenvalue weighted by Crippen LogP contribution is 2.14. The summed E-state index contributed by atoms with van der Waals surface area (Å²) in [5.74, 6) is 1.19. The molecular weight excluding hydrogens is 254 g/mol. The first kappa shape index (κ1) is 16.9. The third kappa shape index (κ3) is 6.82. The quantitative estimate of drug-likeness (QED) is 0.753. The summed E-state index contributed by atoms with van der Waals surface area (Å²) in [6.07, 6.45) is 0.808. The molecule has 1 aromatic rings. The summed E-state index contributed by atoms with van der Waals surface area (Å²) in [5, 5.41) is 11.5. The highest BCUT2D eigenvalue weighted by atomic mass is 16.5. The number of aromatic nitrogens is 2. The summed E-state index contributed by atoms with van der Waals surface area (Å²) >= 11 is 0. The van der Waals surface area contributed by atoms with Crippen LogP contribution < -0.4 is 10.1 Å². The molecule has 0 aliphatic rings. The molecule has 0 fully saturated rings. The lowest BCUT2D eigenvalue weighted by Gasteiger charge is -2.22. The molecule has 5 heteroatoms. The van der Waals surface area contributed by atoms with E-state index in [1.54, 1.807) is 7.11 Å². The molecule has 0 spiro atoms. The molecule has 0 bridgehead atoms. The van der Waals surface area contributed by atoms with Gasteiger partial charge in [-0.3, -0.25) is 0 Å². The summed E-state index contributed by atoms with van der Waals surface area (Å²) in [4.78, 5) is 0. The van der Waals surface area contributed by atoms with Crippen LogP contribution in [0.25, 0.3) is 0 Å². The molecule has 0 amide bonds. The second-order valence-corrected chi connectivity index (χ2v) is 5.95. The number of nitrogens with zero attached hydrogens (tertiary/aromatic N) is 2. The highest BCUT2D eigenvalue weighted by Gasteiger charge is 2.16. The van der Waals surface area contributed by atoms with Crippen LogP contribution in [0.15, 0.2) is 12.1 Å². The molecule has 0 atom stereocenters. The van der Waals surface area contributed by atoms with Crippen LogP contribution in [-0.2, 0) is 11.3 Å². The summed E-state index contributed by atoms with van der Waals surface area (Å²) in [6, 6.07) is 3.80. The second-order valence-electron chi connectivity index (χ2n) is 5.95. The molecule has 0 radical (unpaired) electrons. The monoisotopic (exact) mass is 281 g/mol. The van der Waals surface area contributed by atoms with Gasteiger partial charge in [0.1, 0.15) is 0 Å². The van der Waals surface area contributed by atoms with Gasteiger partial charge in [-0.25, -0.2) is 0 Å². The molecule has 0 aliphatic carbocycles. The molecule has 1 aromatic heterocycles. The zero-order chi connectivity index (χ0) is 15.0.